The lowest BCUT2D eigenvalue weighted by Crippen LogP contribution is -2.42. The van der Waals surface area contributed by atoms with Crippen molar-refractivity contribution >= 4 is 23.0 Å². The molecule has 0 atom stereocenters. The fourth-order valence-electron chi connectivity index (χ4n) is 0.816. The van der Waals surface area contributed by atoms with E-state index >= 15 is 0 Å². The summed E-state index contributed by atoms with van der Waals surface area (Å²) in [6.45, 7) is 0. The number of nitrogens with zero attached hydrogens (tertiary/aromatic N) is 1. The monoisotopic (exact) mass is 241 g/mol. The molecule has 1 aliphatic carbocycles. The van der Waals surface area contributed by atoms with Crippen LogP contribution in [0.25, 0.3) is 0 Å². The second-order valence-corrected chi connectivity index (χ2v) is 2.70. The Balaban J connectivity index is 2.35. The maximum Gasteiger partial charge on any atom is 0.201 e. The zero-order chi connectivity index (χ0) is 6.91. The molecule has 2 nitrogen and oxygen atoms in total. The van der Waals surface area contributed by atoms with Gasteiger partial charge < -0.3 is 3.07 Å². The molecule has 1 saturated carbocycles. The highest BCUT2D eigenvalue weighted by atomic mass is 127. The van der Waals surface area contributed by atoms with Gasteiger partial charge in [-0.25, -0.2) is 4.39 Å². The van der Waals surface area contributed by atoms with Crippen molar-refractivity contribution in [2.45, 2.75) is 24.6 Å². The van der Waals surface area contributed by atoms with Gasteiger partial charge in [0.2, 0.25) is 5.67 Å². The molecule has 50 valence electrons. The molecule has 0 bridgehead atoms. The van der Waals surface area contributed by atoms with Crippen molar-refractivity contribution in [3.8, 4) is 6.07 Å². The average Bonchev–Trinajstić information content (AvgIpc) is 1.81. The molecule has 0 aromatic carbocycles. The van der Waals surface area contributed by atoms with Crippen molar-refractivity contribution in [1.82, 2.24) is 0 Å². The molecule has 9 heavy (non-hydrogen) atoms. The standard InChI is InChI=1S/C5H5FINO/c6-5(3-8)1-4(2-5)9-7/h4H,1-2H2. The number of alkyl halides is 1. The summed E-state index contributed by atoms with van der Waals surface area (Å²) in [6, 6.07) is 1.59. The van der Waals surface area contributed by atoms with E-state index in [-0.39, 0.29) is 18.9 Å². The van der Waals surface area contributed by atoms with Gasteiger partial charge >= 0.3 is 0 Å². The van der Waals surface area contributed by atoms with Gasteiger partial charge in [-0.15, -0.1) is 0 Å². The molecule has 0 unspecified atom stereocenters. The van der Waals surface area contributed by atoms with Crippen molar-refractivity contribution in [3.63, 3.8) is 0 Å². The molecular formula is C5H5FINO. The van der Waals surface area contributed by atoms with E-state index in [1.54, 1.807) is 29.1 Å². The molecule has 0 aromatic heterocycles. The summed E-state index contributed by atoms with van der Waals surface area (Å²) in [6.07, 6.45) is 0.411. The molecule has 0 amide bonds. The molecule has 1 fully saturated rings. The van der Waals surface area contributed by atoms with Gasteiger partial charge in [0.15, 0.2) is 0 Å². The summed E-state index contributed by atoms with van der Waals surface area (Å²) < 4.78 is 17.4. The van der Waals surface area contributed by atoms with Crippen LogP contribution in [0, 0.1) is 11.3 Å². The predicted octanol–water partition coefficient (Wildman–Crippen LogP) is 1.75. The van der Waals surface area contributed by atoms with E-state index in [1.807, 2.05) is 0 Å². The number of nitriles is 1. The molecule has 0 aliphatic heterocycles. The highest BCUT2D eigenvalue weighted by Crippen LogP contribution is 2.38. The highest BCUT2D eigenvalue weighted by molar-refractivity contribution is 14.1. The lowest BCUT2D eigenvalue weighted by Gasteiger charge is -2.33. The third-order valence-corrected chi connectivity index (χ3v) is 2.15. The van der Waals surface area contributed by atoms with E-state index in [9.17, 15) is 4.39 Å². The number of rotatable bonds is 1. The Morgan fingerprint density at radius 2 is 2.33 bits per heavy atom. The number of halogens is 2. The summed E-state index contributed by atoms with van der Waals surface area (Å²) >= 11 is 1.72. The van der Waals surface area contributed by atoms with E-state index in [4.69, 9.17) is 8.33 Å². The number of hydrogen-bond donors (Lipinski definition) is 0. The largest absolute Gasteiger partial charge is 0.312 e. The van der Waals surface area contributed by atoms with Gasteiger partial charge in [0.25, 0.3) is 0 Å². The van der Waals surface area contributed by atoms with Crippen LogP contribution in [0.4, 0.5) is 4.39 Å². The van der Waals surface area contributed by atoms with E-state index in [0.717, 1.165) is 0 Å². The van der Waals surface area contributed by atoms with Crippen LogP contribution in [-0.4, -0.2) is 11.8 Å². The van der Waals surface area contributed by atoms with E-state index in [2.05, 4.69) is 0 Å². The molecule has 0 saturated heterocycles. The van der Waals surface area contributed by atoms with Crippen molar-refractivity contribution in [2.24, 2.45) is 0 Å². The zero-order valence-electron chi connectivity index (χ0n) is 4.60. The normalized spacial score (nSPS) is 41.2. The van der Waals surface area contributed by atoms with Crippen LogP contribution in [0.2, 0.25) is 0 Å². The smallest absolute Gasteiger partial charge is 0.201 e. The minimum absolute atomic E-state index is 0.0461. The molecular weight excluding hydrogens is 236 g/mol. The summed E-state index contributed by atoms with van der Waals surface area (Å²) in [7, 11) is 0. The Labute approximate surface area is 66.7 Å². The highest BCUT2D eigenvalue weighted by Gasteiger charge is 2.46. The first-order chi connectivity index (χ1) is 4.20. The third-order valence-electron chi connectivity index (χ3n) is 1.43. The quantitative estimate of drug-likeness (QED) is 0.655. The first-order valence-electron chi connectivity index (χ1n) is 2.58. The minimum Gasteiger partial charge on any atom is -0.312 e. The van der Waals surface area contributed by atoms with Crippen LogP contribution in [0.1, 0.15) is 12.8 Å². The molecule has 0 aromatic rings. The van der Waals surface area contributed by atoms with E-state index in [1.165, 1.54) is 0 Å². The third kappa shape index (κ3) is 1.33. The molecule has 0 heterocycles. The number of hydrogen-bond acceptors (Lipinski definition) is 2. The van der Waals surface area contributed by atoms with Gasteiger partial charge in [0, 0.05) is 12.8 Å². The van der Waals surface area contributed by atoms with Gasteiger partial charge in [0.05, 0.1) is 6.10 Å². The predicted molar refractivity (Wildman–Crippen MR) is 37.6 cm³/mol. The maximum absolute atomic E-state index is 12.6. The van der Waals surface area contributed by atoms with Crippen molar-refractivity contribution in [1.29, 1.82) is 5.26 Å². The zero-order valence-corrected chi connectivity index (χ0v) is 6.76. The molecule has 0 N–H and O–H groups in total. The van der Waals surface area contributed by atoms with Gasteiger partial charge in [0.1, 0.15) is 29.1 Å². The summed E-state index contributed by atoms with van der Waals surface area (Å²) in [5.74, 6) is 0. The lowest BCUT2D eigenvalue weighted by atomic mass is 9.81. The maximum atomic E-state index is 12.6. The van der Waals surface area contributed by atoms with E-state index in [0.29, 0.717) is 0 Å². The second kappa shape index (κ2) is 2.39. The topological polar surface area (TPSA) is 33.0 Å². The summed E-state index contributed by atoms with van der Waals surface area (Å²) in [5.41, 5.74) is -1.59. The molecule has 1 aliphatic rings. The van der Waals surface area contributed by atoms with Crippen LogP contribution < -0.4 is 0 Å². The SMILES string of the molecule is N#CC1(F)CC(OI)C1. The average molecular weight is 241 g/mol. The van der Waals surface area contributed by atoms with Crippen molar-refractivity contribution in [3.05, 3.63) is 0 Å². The second-order valence-electron chi connectivity index (χ2n) is 2.20. The first-order valence-corrected chi connectivity index (χ1v) is 3.46. The van der Waals surface area contributed by atoms with Crippen molar-refractivity contribution < 1.29 is 7.46 Å². The van der Waals surface area contributed by atoms with Crippen LogP contribution >= 0.6 is 23.0 Å². The lowest BCUT2D eigenvalue weighted by molar-refractivity contribution is 0.0200. The summed E-state index contributed by atoms with van der Waals surface area (Å²) in [4.78, 5) is 0. The molecule has 4 heteroatoms. The van der Waals surface area contributed by atoms with Crippen LogP contribution in [-0.2, 0) is 3.07 Å². The molecule has 0 radical (unpaired) electrons. The Bertz CT molecular complexity index is 150. The van der Waals surface area contributed by atoms with Gasteiger partial charge in [-0.3, -0.25) is 0 Å². The Kier molecular flexibility index (Phi) is 1.91. The molecule has 0 spiro atoms. The first kappa shape index (κ1) is 7.22. The minimum atomic E-state index is -1.59. The van der Waals surface area contributed by atoms with Gasteiger partial charge in [-0.1, -0.05) is 0 Å². The van der Waals surface area contributed by atoms with Crippen LogP contribution in [0.5, 0.6) is 0 Å². The van der Waals surface area contributed by atoms with Crippen molar-refractivity contribution in [2.75, 3.05) is 0 Å². The fraction of sp³-hybridized carbons (Fsp3) is 0.800. The Morgan fingerprint density at radius 1 is 1.78 bits per heavy atom. The van der Waals surface area contributed by atoms with E-state index < -0.39 is 5.67 Å². The molecule has 1 rings (SSSR count). The van der Waals surface area contributed by atoms with Gasteiger partial charge in [-0.2, -0.15) is 5.26 Å². The summed E-state index contributed by atoms with van der Waals surface area (Å²) in [5, 5.41) is 8.18. The van der Waals surface area contributed by atoms with Gasteiger partial charge in [-0.05, 0) is 0 Å². The Hall–Kier alpha value is 0.110. The van der Waals surface area contributed by atoms with Crippen LogP contribution in [0.15, 0.2) is 0 Å². The fourth-order valence-corrected chi connectivity index (χ4v) is 1.18. The van der Waals surface area contributed by atoms with Crippen LogP contribution in [0.3, 0.4) is 0 Å². The Morgan fingerprint density at radius 3 is 2.67 bits per heavy atom.